The maximum Gasteiger partial charge on any atom is 0.416 e. The Bertz CT molecular complexity index is 910. The zero-order chi connectivity index (χ0) is 22.1. The van der Waals surface area contributed by atoms with Crippen molar-refractivity contribution >= 4 is 23.5 Å². The third-order valence-corrected chi connectivity index (χ3v) is 6.23. The molecule has 2 aromatic carbocycles. The largest absolute Gasteiger partial charge is 0.461 e. The molecule has 0 aliphatic carbocycles. The molecule has 160 valence electrons. The Morgan fingerprint density at radius 2 is 1.63 bits per heavy atom. The van der Waals surface area contributed by atoms with Crippen molar-refractivity contribution < 1.29 is 27.5 Å². The Labute approximate surface area is 178 Å². The molecule has 0 spiro atoms. The number of cyclic esters (lactones) is 1. The van der Waals surface area contributed by atoms with Gasteiger partial charge in [0.25, 0.3) is 0 Å². The lowest BCUT2D eigenvalue weighted by Gasteiger charge is -2.29. The Hall–Kier alpha value is -2.28. The highest BCUT2D eigenvalue weighted by Crippen LogP contribution is 2.34. The molecule has 0 N–H and O–H groups in total. The Balaban J connectivity index is 1.59. The van der Waals surface area contributed by atoms with Gasteiger partial charge in [-0.1, -0.05) is 17.7 Å². The van der Waals surface area contributed by atoms with Crippen molar-refractivity contribution in [2.75, 3.05) is 5.75 Å². The number of hydrogen-bond acceptors (Lipinski definition) is 4. The van der Waals surface area contributed by atoms with Crippen molar-refractivity contribution in [3.05, 3.63) is 64.2 Å². The Morgan fingerprint density at radius 3 is 2.17 bits per heavy atom. The van der Waals surface area contributed by atoms with Gasteiger partial charge in [0, 0.05) is 17.1 Å². The molecular weight excluding hydrogens is 413 g/mol. The van der Waals surface area contributed by atoms with Gasteiger partial charge in [-0.2, -0.15) is 13.2 Å². The van der Waals surface area contributed by atoms with Crippen molar-refractivity contribution in [3.63, 3.8) is 0 Å². The van der Waals surface area contributed by atoms with Crippen molar-refractivity contribution in [2.24, 2.45) is 0 Å². The fourth-order valence-corrected chi connectivity index (χ4v) is 4.83. The van der Waals surface area contributed by atoms with E-state index in [1.165, 1.54) is 23.9 Å². The highest BCUT2D eigenvalue weighted by atomic mass is 32.2. The van der Waals surface area contributed by atoms with Crippen molar-refractivity contribution in [1.82, 2.24) is 0 Å². The summed E-state index contributed by atoms with van der Waals surface area (Å²) in [4.78, 5) is 26.1. The lowest BCUT2D eigenvalue weighted by Crippen LogP contribution is -2.37. The number of rotatable bonds is 5. The summed E-state index contributed by atoms with van der Waals surface area (Å²) in [6.07, 6.45) is -4.25. The molecule has 3 rings (SSSR count). The van der Waals surface area contributed by atoms with Crippen LogP contribution in [0.3, 0.4) is 0 Å². The van der Waals surface area contributed by atoms with E-state index in [0.29, 0.717) is 17.1 Å². The van der Waals surface area contributed by atoms with Gasteiger partial charge in [0.15, 0.2) is 5.78 Å². The van der Waals surface area contributed by atoms with Crippen LogP contribution in [-0.4, -0.2) is 23.6 Å². The minimum Gasteiger partial charge on any atom is -0.461 e. The van der Waals surface area contributed by atoms with E-state index in [2.05, 4.69) is 0 Å². The lowest BCUT2D eigenvalue weighted by molar-refractivity contribution is -0.160. The van der Waals surface area contributed by atoms with Crippen LogP contribution < -0.4 is 0 Å². The maximum absolute atomic E-state index is 12.8. The number of esters is 1. The number of halogens is 3. The molecule has 3 nitrogen and oxygen atoms in total. The molecule has 0 bridgehead atoms. The van der Waals surface area contributed by atoms with E-state index in [0.717, 1.165) is 34.4 Å². The summed E-state index contributed by atoms with van der Waals surface area (Å²) in [5.74, 6) is -1.02. The first-order valence-corrected chi connectivity index (χ1v) is 10.7. The number of carbonyl (C=O) groups is 2. The standard InChI is InChI=1S/C23H23F3O3S/c1-13-10-14(2)20(15(3)11-13)21-19(27)12-17(29-22(21)28)8-9-30-18-6-4-16(5-7-18)23(24,25)26/h4-7,10-11,17,21H,8-9,12H2,1-3H3. The van der Waals surface area contributed by atoms with Crippen molar-refractivity contribution in [1.29, 1.82) is 0 Å². The number of ketones is 1. The summed E-state index contributed by atoms with van der Waals surface area (Å²) in [6.45, 7) is 5.75. The number of alkyl halides is 3. The second kappa shape index (κ2) is 8.84. The lowest BCUT2D eigenvalue weighted by atomic mass is 9.83. The third kappa shape index (κ3) is 5.06. The Kier molecular flexibility index (Phi) is 6.60. The number of thioether (sulfide) groups is 1. The third-order valence-electron chi connectivity index (χ3n) is 5.19. The summed E-state index contributed by atoms with van der Waals surface area (Å²) in [7, 11) is 0. The first kappa shape index (κ1) is 22.4. The predicted molar refractivity (Wildman–Crippen MR) is 110 cm³/mol. The van der Waals surface area contributed by atoms with Gasteiger partial charge < -0.3 is 4.74 Å². The van der Waals surface area contributed by atoms with Gasteiger partial charge in [0.2, 0.25) is 0 Å². The maximum atomic E-state index is 12.8. The second-order valence-electron chi connectivity index (χ2n) is 7.63. The molecule has 7 heteroatoms. The molecule has 0 saturated carbocycles. The van der Waals surface area contributed by atoms with E-state index in [9.17, 15) is 22.8 Å². The summed E-state index contributed by atoms with van der Waals surface area (Å²) in [5.41, 5.74) is 2.92. The van der Waals surface area contributed by atoms with E-state index in [1.54, 1.807) is 0 Å². The second-order valence-corrected chi connectivity index (χ2v) is 8.80. The number of carbonyl (C=O) groups excluding carboxylic acids is 2. The molecule has 0 radical (unpaired) electrons. The van der Waals surface area contributed by atoms with E-state index < -0.39 is 29.7 Å². The minimum atomic E-state index is -4.36. The van der Waals surface area contributed by atoms with E-state index in [4.69, 9.17) is 4.74 Å². The van der Waals surface area contributed by atoms with Gasteiger partial charge in [0.05, 0.1) is 5.56 Å². The van der Waals surface area contributed by atoms with Crippen LogP contribution in [-0.2, 0) is 20.5 Å². The number of Topliss-reactive ketones (excluding diaryl/α,β-unsaturated/α-hetero) is 1. The molecule has 2 unspecified atom stereocenters. The molecule has 1 fully saturated rings. The van der Waals surface area contributed by atoms with E-state index in [1.807, 2.05) is 32.9 Å². The first-order valence-electron chi connectivity index (χ1n) is 9.67. The molecule has 1 heterocycles. The zero-order valence-electron chi connectivity index (χ0n) is 17.0. The number of ether oxygens (including phenoxy) is 1. The van der Waals surface area contributed by atoms with Gasteiger partial charge >= 0.3 is 12.1 Å². The van der Waals surface area contributed by atoms with Crippen molar-refractivity contribution in [2.45, 2.75) is 56.7 Å². The molecule has 1 aliphatic heterocycles. The molecule has 1 saturated heterocycles. The quantitative estimate of drug-likeness (QED) is 0.339. The zero-order valence-corrected chi connectivity index (χ0v) is 17.8. The first-order chi connectivity index (χ1) is 14.1. The van der Waals surface area contributed by atoms with Crippen LogP contribution in [0.25, 0.3) is 0 Å². The van der Waals surface area contributed by atoms with Crippen LogP contribution in [0.1, 0.15) is 46.6 Å². The van der Waals surface area contributed by atoms with Crippen LogP contribution in [0.2, 0.25) is 0 Å². The highest BCUT2D eigenvalue weighted by Gasteiger charge is 2.39. The predicted octanol–water partition coefficient (Wildman–Crippen LogP) is 5.78. The number of benzene rings is 2. The highest BCUT2D eigenvalue weighted by molar-refractivity contribution is 7.99. The van der Waals surface area contributed by atoms with Gasteiger partial charge in [-0.05, 0) is 68.1 Å². The van der Waals surface area contributed by atoms with Crippen LogP contribution in [0.15, 0.2) is 41.3 Å². The summed E-state index contributed by atoms with van der Waals surface area (Å²) < 4.78 is 43.4. The summed E-state index contributed by atoms with van der Waals surface area (Å²) >= 11 is 1.37. The van der Waals surface area contributed by atoms with Gasteiger partial charge in [-0.15, -0.1) is 11.8 Å². The smallest absolute Gasteiger partial charge is 0.416 e. The van der Waals surface area contributed by atoms with Crippen LogP contribution in [0, 0.1) is 20.8 Å². The molecule has 30 heavy (non-hydrogen) atoms. The number of hydrogen-bond donors (Lipinski definition) is 0. The van der Waals surface area contributed by atoms with Crippen LogP contribution >= 0.6 is 11.8 Å². The minimum absolute atomic E-state index is 0.147. The topological polar surface area (TPSA) is 43.4 Å². The van der Waals surface area contributed by atoms with E-state index >= 15 is 0 Å². The molecule has 0 aromatic heterocycles. The van der Waals surface area contributed by atoms with Crippen molar-refractivity contribution in [3.8, 4) is 0 Å². The SMILES string of the molecule is Cc1cc(C)c(C2C(=O)CC(CCSc3ccc(C(F)(F)F)cc3)OC2=O)c(C)c1. The average molecular weight is 436 g/mol. The normalized spacial score (nSPS) is 19.7. The van der Waals surface area contributed by atoms with Gasteiger partial charge in [-0.3, -0.25) is 9.59 Å². The number of aryl methyl sites for hydroxylation is 3. The summed E-state index contributed by atoms with van der Waals surface area (Å²) in [6, 6.07) is 8.84. The molecule has 1 aliphatic rings. The van der Waals surface area contributed by atoms with Crippen LogP contribution in [0.4, 0.5) is 13.2 Å². The van der Waals surface area contributed by atoms with E-state index in [-0.39, 0.29) is 12.2 Å². The molecular formula is C23H23F3O3S. The van der Waals surface area contributed by atoms with Gasteiger partial charge in [-0.25, -0.2) is 0 Å². The average Bonchev–Trinajstić information content (AvgIpc) is 2.63. The Morgan fingerprint density at radius 1 is 1.03 bits per heavy atom. The fraction of sp³-hybridized carbons (Fsp3) is 0.391. The van der Waals surface area contributed by atoms with Gasteiger partial charge in [0.1, 0.15) is 12.0 Å². The van der Waals surface area contributed by atoms with Crippen LogP contribution in [0.5, 0.6) is 0 Å². The summed E-state index contributed by atoms with van der Waals surface area (Å²) in [5, 5.41) is 0. The fourth-order valence-electron chi connectivity index (χ4n) is 3.88. The molecule has 2 aromatic rings. The monoisotopic (exact) mass is 436 g/mol. The molecule has 2 atom stereocenters. The molecule has 0 amide bonds.